The molecule has 1 atom stereocenters. The molecule has 0 radical (unpaired) electrons. The maximum Gasteiger partial charge on any atom is 0.412 e. The standard InChI is InChI=1S/C23H32N4O3S/c1-22(2,3)30-21(28)27-18(15-29-23(27,4)5)12-9-16-7-10-17(11-8-16)26-20-24-13-19(31-6)14-25-20/h7-8,10-11,13-14,18H,9,12,15H2,1-6H3,(H,24,25,26)/t18-/m0/s1. The molecule has 2 heterocycles. The number of benzene rings is 1. The lowest BCUT2D eigenvalue weighted by Gasteiger charge is -2.35. The third kappa shape index (κ3) is 6.33. The monoisotopic (exact) mass is 444 g/mol. The summed E-state index contributed by atoms with van der Waals surface area (Å²) in [5.41, 5.74) is 0.911. The Balaban J connectivity index is 1.59. The largest absolute Gasteiger partial charge is 0.444 e. The molecule has 0 saturated carbocycles. The summed E-state index contributed by atoms with van der Waals surface area (Å²) in [7, 11) is 0. The predicted octanol–water partition coefficient (Wildman–Crippen LogP) is 5.25. The third-order valence-electron chi connectivity index (χ3n) is 5.00. The Kier molecular flexibility index (Phi) is 7.11. The number of thioether (sulfide) groups is 1. The maximum atomic E-state index is 12.8. The number of amides is 1. The minimum atomic E-state index is -0.674. The van der Waals surface area contributed by atoms with Gasteiger partial charge < -0.3 is 14.8 Å². The molecule has 7 nitrogen and oxygen atoms in total. The number of aryl methyl sites for hydroxylation is 1. The van der Waals surface area contributed by atoms with Gasteiger partial charge in [-0.1, -0.05) is 12.1 Å². The predicted molar refractivity (Wildman–Crippen MR) is 124 cm³/mol. The van der Waals surface area contributed by atoms with Crippen LogP contribution in [-0.2, 0) is 15.9 Å². The van der Waals surface area contributed by atoms with Crippen molar-refractivity contribution in [3.8, 4) is 0 Å². The number of carbonyl (C=O) groups is 1. The van der Waals surface area contributed by atoms with Crippen LogP contribution in [0.2, 0.25) is 0 Å². The smallest absolute Gasteiger partial charge is 0.412 e. The van der Waals surface area contributed by atoms with Crippen molar-refractivity contribution in [3.63, 3.8) is 0 Å². The first kappa shape index (κ1) is 23.3. The van der Waals surface area contributed by atoms with Crippen LogP contribution in [0.5, 0.6) is 0 Å². The van der Waals surface area contributed by atoms with Crippen molar-refractivity contribution in [2.24, 2.45) is 0 Å². The van der Waals surface area contributed by atoms with Gasteiger partial charge in [0.05, 0.1) is 12.6 Å². The van der Waals surface area contributed by atoms with Crippen LogP contribution in [0.1, 0.15) is 46.6 Å². The van der Waals surface area contributed by atoms with Crippen molar-refractivity contribution < 1.29 is 14.3 Å². The number of aromatic nitrogens is 2. The van der Waals surface area contributed by atoms with E-state index in [2.05, 4.69) is 27.4 Å². The number of carbonyl (C=O) groups excluding carboxylic acids is 1. The van der Waals surface area contributed by atoms with Gasteiger partial charge in [-0.3, -0.25) is 4.90 Å². The van der Waals surface area contributed by atoms with Crippen molar-refractivity contribution in [1.29, 1.82) is 0 Å². The maximum absolute atomic E-state index is 12.8. The van der Waals surface area contributed by atoms with Crippen LogP contribution in [0.25, 0.3) is 0 Å². The van der Waals surface area contributed by atoms with Crippen LogP contribution in [-0.4, -0.2) is 51.2 Å². The zero-order valence-electron chi connectivity index (χ0n) is 19.1. The van der Waals surface area contributed by atoms with Crippen LogP contribution in [0.15, 0.2) is 41.6 Å². The van der Waals surface area contributed by atoms with Crippen molar-refractivity contribution in [1.82, 2.24) is 14.9 Å². The molecule has 0 spiro atoms. The number of nitrogens with one attached hydrogen (secondary N) is 1. The summed E-state index contributed by atoms with van der Waals surface area (Å²) in [4.78, 5) is 24.2. The molecule has 1 saturated heterocycles. The molecule has 0 unspecified atom stereocenters. The van der Waals surface area contributed by atoms with E-state index in [1.165, 1.54) is 5.56 Å². The number of nitrogens with zero attached hydrogens (tertiary/aromatic N) is 3. The van der Waals surface area contributed by atoms with Crippen molar-refractivity contribution in [2.45, 2.75) is 69.7 Å². The molecule has 31 heavy (non-hydrogen) atoms. The minimum Gasteiger partial charge on any atom is -0.444 e. The lowest BCUT2D eigenvalue weighted by Crippen LogP contribution is -2.49. The van der Waals surface area contributed by atoms with Gasteiger partial charge in [-0.05, 0) is 71.4 Å². The molecule has 1 aliphatic rings. The molecular weight excluding hydrogens is 412 g/mol. The molecule has 1 aliphatic heterocycles. The van der Waals surface area contributed by atoms with Gasteiger partial charge in [0.2, 0.25) is 5.95 Å². The van der Waals surface area contributed by atoms with Crippen molar-refractivity contribution >= 4 is 29.5 Å². The minimum absolute atomic E-state index is 0.0222. The van der Waals surface area contributed by atoms with Crippen LogP contribution in [0.3, 0.4) is 0 Å². The van der Waals surface area contributed by atoms with E-state index in [0.717, 1.165) is 23.4 Å². The van der Waals surface area contributed by atoms with Gasteiger partial charge in [0.15, 0.2) is 0 Å². The van der Waals surface area contributed by atoms with Gasteiger partial charge in [0, 0.05) is 23.0 Å². The molecule has 0 bridgehead atoms. The van der Waals surface area contributed by atoms with Gasteiger partial charge in [-0.25, -0.2) is 14.8 Å². The molecule has 1 amide bonds. The zero-order chi connectivity index (χ0) is 22.6. The Hall–Kier alpha value is -2.32. The second-order valence-electron chi connectivity index (χ2n) is 9.07. The fourth-order valence-electron chi connectivity index (χ4n) is 3.48. The molecule has 1 aromatic heterocycles. The summed E-state index contributed by atoms with van der Waals surface area (Å²) in [6.07, 6.45) is 6.91. The number of hydrogen-bond acceptors (Lipinski definition) is 7. The third-order valence-corrected chi connectivity index (χ3v) is 5.69. The van der Waals surface area contributed by atoms with Gasteiger partial charge in [0.1, 0.15) is 11.3 Å². The Labute approximate surface area is 188 Å². The Bertz CT molecular complexity index is 879. The van der Waals surface area contributed by atoms with Crippen molar-refractivity contribution in [2.75, 3.05) is 18.2 Å². The molecule has 1 aromatic carbocycles. The molecule has 8 heteroatoms. The summed E-state index contributed by atoms with van der Waals surface area (Å²) in [5.74, 6) is 0.573. The van der Waals surface area contributed by atoms with E-state index in [1.807, 2.05) is 53.0 Å². The lowest BCUT2D eigenvalue weighted by atomic mass is 10.0. The van der Waals surface area contributed by atoms with Gasteiger partial charge in [-0.15, -0.1) is 11.8 Å². The Morgan fingerprint density at radius 1 is 1.26 bits per heavy atom. The SMILES string of the molecule is CSc1cnc(Nc2ccc(CC[C@H]3COC(C)(C)N3C(=O)OC(C)(C)C)cc2)nc1. The fourth-order valence-corrected chi connectivity index (χ4v) is 3.80. The van der Waals surface area contributed by atoms with Crippen LogP contribution < -0.4 is 5.32 Å². The Morgan fingerprint density at radius 2 is 1.90 bits per heavy atom. The first-order valence-electron chi connectivity index (χ1n) is 10.5. The molecule has 0 aliphatic carbocycles. The molecule has 3 rings (SSSR count). The summed E-state index contributed by atoms with van der Waals surface area (Å²) in [6.45, 7) is 9.95. The van der Waals surface area contributed by atoms with E-state index < -0.39 is 11.3 Å². The van der Waals surface area contributed by atoms with E-state index in [9.17, 15) is 4.79 Å². The molecular formula is C23H32N4O3S. The van der Waals surface area contributed by atoms with Gasteiger partial charge in [-0.2, -0.15) is 0 Å². The Morgan fingerprint density at radius 3 is 2.48 bits per heavy atom. The van der Waals surface area contributed by atoms with Crippen molar-refractivity contribution in [3.05, 3.63) is 42.2 Å². The topological polar surface area (TPSA) is 76.6 Å². The van der Waals surface area contributed by atoms with Gasteiger partial charge >= 0.3 is 6.09 Å². The quantitative estimate of drug-likeness (QED) is 0.610. The van der Waals surface area contributed by atoms with E-state index in [4.69, 9.17) is 9.47 Å². The average molecular weight is 445 g/mol. The second-order valence-corrected chi connectivity index (χ2v) is 9.95. The van der Waals surface area contributed by atoms with E-state index >= 15 is 0 Å². The molecule has 1 fully saturated rings. The zero-order valence-corrected chi connectivity index (χ0v) is 20.0. The van der Waals surface area contributed by atoms with E-state index in [1.54, 1.807) is 29.1 Å². The van der Waals surface area contributed by atoms with Crippen LogP contribution in [0, 0.1) is 0 Å². The first-order valence-corrected chi connectivity index (χ1v) is 11.7. The molecule has 2 aromatic rings. The molecule has 168 valence electrons. The fraction of sp³-hybridized carbons (Fsp3) is 0.522. The normalized spacial score (nSPS) is 18.1. The summed E-state index contributed by atoms with van der Waals surface area (Å²) < 4.78 is 11.5. The number of hydrogen-bond donors (Lipinski definition) is 1. The number of anilines is 2. The van der Waals surface area contributed by atoms with E-state index in [0.29, 0.717) is 12.6 Å². The van der Waals surface area contributed by atoms with E-state index in [-0.39, 0.29) is 12.1 Å². The highest BCUT2D eigenvalue weighted by Crippen LogP contribution is 2.31. The summed E-state index contributed by atoms with van der Waals surface area (Å²) in [5, 5.41) is 3.21. The number of rotatable bonds is 6. The molecule has 1 N–H and O–H groups in total. The summed E-state index contributed by atoms with van der Waals surface area (Å²) in [6, 6.07) is 8.17. The van der Waals surface area contributed by atoms with Crippen LogP contribution in [0.4, 0.5) is 16.4 Å². The van der Waals surface area contributed by atoms with Gasteiger partial charge in [0.25, 0.3) is 0 Å². The first-order chi connectivity index (χ1) is 14.6. The number of ether oxygens (including phenoxy) is 2. The summed E-state index contributed by atoms with van der Waals surface area (Å²) >= 11 is 1.61. The average Bonchev–Trinajstić information content (AvgIpc) is 3.01. The highest BCUT2D eigenvalue weighted by Gasteiger charge is 2.45. The van der Waals surface area contributed by atoms with Crippen LogP contribution >= 0.6 is 11.8 Å². The highest BCUT2D eigenvalue weighted by atomic mass is 32.2. The highest BCUT2D eigenvalue weighted by molar-refractivity contribution is 7.98. The lowest BCUT2D eigenvalue weighted by molar-refractivity contribution is -0.0626. The second kappa shape index (κ2) is 9.44.